The molecule has 0 bridgehead atoms. The Morgan fingerprint density at radius 3 is 2.50 bits per heavy atom. The van der Waals surface area contributed by atoms with Gasteiger partial charge in [0.2, 0.25) is 0 Å². The SMILES string of the molecule is O=C(c1cn[nH]c1)N1CCC2(CCCCC2)CC1. The number of carbonyl (C=O) groups excluding carboxylic acids is 1. The van der Waals surface area contributed by atoms with Crippen molar-refractivity contribution in [2.75, 3.05) is 13.1 Å². The van der Waals surface area contributed by atoms with Crippen molar-refractivity contribution in [3.05, 3.63) is 18.0 Å². The van der Waals surface area contributed by atoms with Gasteiger partial charge in [0.05, 0.1) is 11.8 Å². The lowest BCUT2D eigenvalue weighted by Gasteiger charge is -2.44. The number of aromatic amines is 1. The average molecular weight is 247 g/mol. The lowest BCUT2D eigenvalue weighted by Crippen LogP contribution is -2.43. The van der Waals surface area contributed by atoms with E-state index in [1.54, 1.807) is 12.4 Å². The van der Waals surface area contributed by atoms with Crippen molar-refractivity contribution in [1.82, 2.24) is 15.1 Å². The topological polar surface area (TPSA) is 49.0 Å². The molecule has 1 aliphatic carbocycles. The van der Waals surface area contributed by atoms with E-state index in [4.69, 9.17) is 0 Å². The zero-order valence-corrected chi connectivity index (χ0v) is 10.8. The van der Waals surface area contributed by atoms with Crippen LogP contribution in [0.4, 0.5) is 0 Å². The molecule has 1 amide bonds. The number of nitrogens with zero attached hydrogens (tertiary/aromatic N) is 2. The fourth-order valence-electron chi connectivity index (χ4n) is 3.54. The third kappa shape index (κ3) is 2.16. The Morgan fingerprint density at radius 2 is 1.89 bits per heavy atom. The molecule has 1 N–H and O–H groups in total. The molecule has 4 heteroatoms. The number of carbonyl (C=O) groups is 1. The highest BCUT2D eigenvalue weighted by molar-refractivity contribution is 5.93. The first-order valence-corrected chi connectivity index (χ1v) is 7.07. The van der Waals surface area contributed by atoms with Gasteiger partial charge in [0.25, 0.3) is 5.91 Å². The standard InChI is InChI=1S/C14H21N3O/c18-13(12-10-15-16-11-12)17-8-6-14(7-9-17)4-2-1-3-5-14/h10-11H,1-9H2,(H,15,16). The van der Waals surface area contributed by atoms with Crippen LogP contribution in [-0.4, -0.2) is 34.1 Å². The van der Waals surface area contributed by atoms with Crippen LogP contribution in [0.1, 0.15) is 55.3 Å². The monoisotopic (exact) mass is 247 g/mol. The van der Waals surface area contributed by atoms with Gasteiger partial charge in [-0.2, -0.15) is 5.10 Å². The van der Waals surface area contributed by atoms with Crippen LogP contribution in [0.25, 0.3) is 0 Å². The van der Waals surface area contributed by atoms with Crippen molar-refractivity contribution < 1.29 is 4.79 Å². The summed E-state index contributed by atoms with van der Waals surface area (Å²) in [6, 6.07) is 0. The molecule has 2 heterocycles. The molecular weight excluding hydrogens is 226 g/mol. The molecule has 1 saturated heterocycles. The second-order valence-electron chi connectivity index (χ2n) is 5.84. The summed E-state index contributed by atoms with van der Waals surface area (Å²) in [5.74, 6) is 0.134. The predicted octanol–water partition coefficient (Wildman–Crippen LogP) is 2.60. The lowest BCUT2D eigenvalue weighted by molar-refractivity contribution is 0.0472. The normalized spacial score (nSPS) is 23.2. The van der Waals surface area contributed by atoms with E-state index in [0.717, 1.165) is 13.1 Å². The summed E-state index contributed by atoms with van der Waals surface area (Å²) in [5, 5.41) is 6.56. The van der Waals surface area contributed by atoms with Crippen molar-refractivity contribution >= 4 is 5.91 Å². The van der Waals surface area contributed by atoms with Gasteiger partial charge in [-0.1, -0.05) is 19.3 Å². The number of hydrogen-bond acceptors (Lipinski definition) is 2. The van der Waals surface area contributed by atoms with Gasteiger partial charge >= 0.3 is 0 Å². The number of amides is 1. The Bertz CT molecular complexity index is 397. The summed E-state index contributed by atoms with van der Waals surface area (Å²) in [4.78, 5) is 14.2. The Kier molecular flexibility index (Phi) is 3.10. The number of rotatable bonds is 1. The molecule has 1 saturated carbocycles. The molecule has 0 atom stereocenters. The number of hydrogen-bond donors (Lipinski definition) is 1. The zero-order valence-electron chi connectivity index (χ0n) is 10.8. The van der Waals surface area contributed by atoms with Crippen LogP contribution in [0.15, 0.2) is 12.4 Å². The van der Waals surface area contributed by atoms with Crippen molar-refractivity contribution in [2.45, 2.75) is 44.9 Å². The highest BCUT2D eigenvalue weighted by atomic mass is 16.2. The van der Waals surface area contributed by atoms with Crippen molar-refractivity contribution in [2.24, 2.45) is 5.41 Å². The smallest absolute Gasteiger partial charge is 0.257 e. The molecule has 2 fully saturated rings. The van der Waals surface area contributed by atoms with Gasteiger partial charge in [-0.25, -0.2) is 0 Å². The van der Waals surface area contributed by atoms with Gasteiger partial charge in [-0.15, -0.1) is 0 Å². The maximum atomic E-state index is 12.2. The number of aromatic nitrogens is 2. The second kappa shape index (κ2) is 4.75. The van der Waals surface area contributed by atoms with Crippen LogP contribution < -0.4 is 0 Å². The summed E-state index contributed by atoms with van der Waals surface area (Å²) in [6.07, 6.45) is 12.6. The number of likely N-dealkylation sites (tertiary alicyclic amines) is 1. The molecule has 4 nitrogen and oxygen atoms in total. The van der Waals surface area contributed by atoms with E-state index in [0.29, 0.717) is 11.0 Å². The van der Waals surface area contributed by atoms with E-state index in [-0.39, 0.29) is 5.91 Å². The molecule has 0 unspecified atom stereocenters. The van der Waals surface area contributed by atoms with Crippen LogP contribution in [-0.2, 0) is 0 Å². The highest BCUT2D eigenvalue weighted by Gasteiger charge is 2.36. The van der Waals surface area contributed by atoms with Crippen molar-refractivity contribution in [1.29, 1.82) is 0 Å². The summed E-state index contributed by atoms with van der Waals surface area (Å²) in [5.41, 5.74) is 1.25. The fourth-order valence-corrected chi connectivity index (χ4v) is 3.54. The summed E-state index contributed by atoms with van der Waals surface area (Å²) < 4.78 is 0. The molecule has 18 heavy (non-hydrogen) atoms. The first-order valence-electron chi connectivity index (χ1n) is 7.07. The summed E-state index contributed by atoms with van der Waals surface area (Å²) >= 11 is 0. The lowest BCUT2D eigenvalue weighted by atomic mass is 9.68. The maximum absolute atomic E-state index is 12.2. The van der Waals surface area contributed by atoms with E-state index in [2.05, 4.69) is 10.2 Å². The van der Waals surface area contributed by atoms with Gasteiger partial charge in [-0.3, -0.25) is 9.89 Å². The second-order valence-corrected chi connectivity index (χ2v) is 5.84. The number of nitrogens with one attached hydrogen (secondary N) is 1. The van der Waals surface area contributed by atoms with Crippen LogP contribution in [0, 0.1) is 5.41 Å². The third-order valence-electron chi connectivity index (χ3n) is 4.77. The van der Waals surface area contributed by atoms with Crippen LogP contribution in [0.2, 0.25) is 0 Å². The van der Waals surface area contributed by atoms with Gasteiger partial charge in [-0.05, 0) is 31.1 Å². The van der Waals surface area contributed by atoms with E-state index in [1.165, 1.54) is 44.9 Å². The molecule has 0 aromatic carbocycles. The molecule has 0 radical (unpaired) electrons. The molecule has 2 aliphatic rings. The largest absolute Gasteiger partial charge is 0.339 e. The number of H-pyrrole nitrogens is 1. The molecule has 1 spiro atoms. The molecule has 1 aliphatic heterocycles. The Labute approximate surface area is 108 Å². The third-order valence-corrected chi connectivity index (χ3v) is 4.77. The highest BCUT2D eigenvalue weighted by Crippen LogP contribution is 2.44. The molecule has 1 aromatic rings. The maximum Gasteiger partial charge on any atom is 0.257 e. The molecule has 1 aromatic heterocycles. The summed E-state index contributed by atoms with van der Waals surface area (Å²) in [6.45, 7) is 1.84. The van der Waals surface area contributed by atoms with Crippen LogP contribution in [0.5, 0.6) is 0 Å². The van der Waals surface area contributed by atoms with Crippen molar-refractivity contribution in [3.8, 4) is 0 Å². The van der Waals surface area contributed by atoms with E-state index >= 15 is 0 Å². The Balaban J connectivity index is 1.61. The van der Waals surface area contributed by atoms with Crippen LogP contribution in [0.3, 0.4) is 0 Å². The van der Waals surface area contributed by atoms with Crippen molar-refractivity contribution in [3.63, 3.8) is 0 Å². The minimum Gasteiger partial charge on any atom is -0.339 e. The quantitative estimate of drug-likeness (QED) is 0.829. The van der Waals surface area contributed by atoms with Gasteiger partial charge < -0.3 is 4.90 Å². The first kappa shape index (κ1) is 11.8. The average Bonchev–Trinajstić information content (AvgIpc) is 2.94. The van der Waals surface area contributed by atoms with E-state index in [9.17, 15) is 4.79 Å². The summed E-state index contributed by atoms with van der Waals surface area (Å²) in [7, 11) is 0. The number of piperidine rings is 1. The Hall–Kier alpha value is -1.32. The molecular formula is C14H21N3O. The minimum atomic E-state index is 0.134. The minimum absolute atomic E-state index is 0.134. The Morgan fingerprint density at radius 1 is 1.17 bits per heavy atom. The predicted molar refractivity (Wildman–Crippen MR) is 69.2 cm³/mol. The zero-order chi connectivity index (χ0) is 12.4. The van der Waals surface area contributed by atoms with Gasteiger partial charge in [0.15, 0.2) is 0 Å². The van der Waals surface area contributed by atoms with Gasteiger partial charge in [0.1, 0.15) is 0 Å². The van der Waals surface area contributed by atoms with E-state index in [1.807, 2.05) is 4.90 Å². The molecule has 3 rings (SSSR count). The first-order chi connectivity index (χ1) is 8.79. The van der Waals surface area contributed by atoms with Crippen LogP contribution >= 0.6 is 0 Å². The van der Waals surface area contributed by atoms with E-state index < -0.39 is 0 Å². The van der Waals surface area contributed by atoms with Gasteiger partial charge in [0, 0.05) is 19.3 Å². The molecule has 98 valence electrons. The fraction of sp³-hybridized carbons (Fsp3) is 0.714.